The molecule has 0 spiro atoms. The van der Waals surface area contributed by atoms with Crippen molar-refractivity contribution in [1.82, 2.24) is 0 Å². The van der Waals surface area contributed by atoms with E-state index in [2.05, 4.69) is 5.32 Å². The van der Waals surface area contributed by atoms with Gasteiger partial charge in [-0.15, -0.1) is 0 Å². The van der Waals surface area contributed by atoms with Crippen molar-refractivity contribution in [1.29, 1.82) is 0 Å². The Kier molecular flexibility index (Phi) is 5.47. The molecular formula is C14H21FN2O3. The van der Waals surface area contributed by atoms with Gasteiger partial charge >= 0.3 is 6.09 Å². The summed E-state index contributed by atoms with van der Waals surface area (Å²) in [7, 11) is 0. The van der Waals surface area contributed by atoms with Gasteiger partial charge in [0.1, 0.15) is 11.4 Å². The van der Waals surface area contributed by atoms with Crippen LogP contribution in [0.4, 0.5) is 14.9 Å². The third-order valence-corrected chi connectivity index (χ3v) is 2.44. The molecule has 0 saturated carbocycles. The minimum atomic E-state index is -1.000. The van der Waals surface area contributed by atoms with Gasteiger partial charge in [-0.05, 0) is 51.9 Å². The average molecular weight is 284 g/mol. The summed E-state index contributed by atoms with van der Waals surface area (Å²) in [6, 6.07) is 3.96. The van der Waals surface area contributed by atoms with Crippen LogP contribution in [0.1, 0.15) is 38.9 Å². The van der Waals surface area contributed by atoms with E-state index in [0.717, 1.165) is 0 Å². The SMILES string of the molecule is CC(C)(C)OC(=O)Nc1ccc(F)c([C@H](O)CCN)c1. The van der Waals surface area contributed by atoms with Crippen LogP contribution in [0.5, 0.6) is 0 Å². The zero-order chi connectivity index (χ0) is 15.3. The zero-order valence-electron chi connectivity index (χ0n) is 11.9. The molecule has 0 saturated heterocycles. The van der Waals surface area contributed by atoms with Crippen molar-refractivity contribution in [3.8, 4) is 0 Å². The molecule has 1 atom stereocenters. The van der Waals surface area contributed by atoms with E-state index in [4.69, 9.17) is 10.5 Å². The minimum Gasteiger partial charge on any atom is -0.444 e. The van der Waals surface area contributed by atoms with Gasteiger partial charge in [-0.1, -0.05) is 0 Å². The number of carbonyl (C=O) groups is 1. The molecule has 0 unspecified atom stereocenters. The highest BCUT2D eigenvalue weighted by molar-refractivity contribution is 5.84. The van der Waals surface area contributed by atoms with Crippen LogP contribution in [-0.2, 0) is 4.74 Å². The summed E-state index contributed by atoms with van der Waals surface area (Å²) >= 11 is 0. The van der Waals surface area contributed by atoms with E-state index in [-0.39, 0.29) is 18.5 Å². The fraction of sp³-hybridized carbons (Fsp3) is 0.500. The number of anilines is 1. The lowest BCUT2D eigenvalue weighted by Crippen LogP contribution is -2.27. The Balaban J connectivity index is 2.82. The largest absolute Gasteiger partial charge is 0.444 e. The van der Waals surface area contributed by atoms with Gasteiger partial charge in [0.2, 0.25) is 0 Å². The summed E-state index contributed by atoms with van der Waals surface area (Å²) in [6.07, 6.45) is -1.39. The van der Waals surface area contributed by atoms with E-state index in [1.54, 1.807) is 20.8 Å². The Morgan fingerprint density at radius 3 is 2.70 bits per heavy atom. The molecule has 0 bridgehead atoms. The molecule has 1 amide bonds. The summed E-state index contributed by atoms with van der Waals surface area (Å²) in [5.41, 5.74) is 5.17. The van der Waals surface area contributed by atoms with E-state index in [1.807, 2.05) is 0 Å². The van der Waals surface area contributed by atoms with Crippen molar-refractivity contribution in [2.24, 2.45) is 5.73 Å². The van der Waals surface area contributed by atoms with Crippen LogP contribution in [0.25, 0.3) is 0 Å². The fourth-order valence-corrected chi connectivity index (χ4v) is 1.61. The van der Waals surface area contributed by atoms with Crippen molar-refractivity contribution in [2.75, 3.05) is 11.9 Å². The number of nitrogens with one attached hydrogen (secondary N) is 1. The van der Waals surface area contributed by atoms with Crippen molar-refractivity contribution >= 4 is 11.8 Å². The second kappa shape index (κ2) is 6.67. The maximum Gasteiger partial charge on any atom is 0.412 e. The Morgan fingerprint density at radius 1 is 1.50 bits per heavy atom. The molecule has 0 heterocycles. The molecule has 6 heteroatoms. The number of nitrogens with two attached hydrogens (primary N) is 1. The van der Waals surface area contributed by atoms with E-state index in [9.17, 15) is 14.3 Å². The van der Waals surface area contributed by atoms with E-state index >= 15 is 0 Å². The predicted octanol–water partition coefficient (Wildman–Crippen LogP) is 2.55. The standard InChI is InChI=1S/C14H21FN2O3/c1-14(2,3)20-13(19)17-9-4-5-11(15)10(8-9)12(18)6-7-16/h4-5,8,12,18H,6-7,16H2,1-3H3,(H,17,19)/t12-/m1/s1. The number of benzene rings is 1. The second-order valence-corrected chi connectivity index (χ2v) is 5.46. The number of aliphatic hydroxyl groups excluding tert-OH is 1. The molecule has 0 radical (unpaired) electrons. The molecule has 0 aliphatic rings. The normalized spacial score (nSPS) is 12.9. The topological polar surface area (TPSA) is 84.6 Å². The smallest absolute Gasteiger partial charge is 0.412 e. The Bertz CT molecular complexity index is 472. The number of carbonyl (C=O) groups excluding carboxylic acids is 1. The van der Waals surface area contributed by atoms with Gasteiger partial charge in [0.25, 0.3) is 0 Å². The molecule has 1 aromatic carbocycles. The molecule has 1 aromatic rings. The van der Waals surface area contributed by atoms with E-state index < -0.39 is 23.6 Å². The summed E-state index contributed by atoms with van der Waals surface area (Å²) in [5, 5.41) is 12.3. The van der Waals surface area contributed by atoms with Gasteiger partial charge in [0.15, 0.2) is 0 Å². The molecule has 1 rings (SSSR count). The Hall–Kier alpha value is -1.66. The lowest BCUT2D eigenvalue weighted by atomic mass is 10.1. The molecule has 4 N–H and O–H groups in total. The van der Waals surface area contributed by atoms with Gasteiger partial charge < -0.3 is 15.6 Å². The highest BCUT2D eigenvalue weighted by atomic mass is 19.1. The first-order chi connectivity index (χ1) is 9.23. The van der Waals surface area contributed by atoms with Crippen LogP contribution in [0, 0.1) is 5.82 Å². The fourth-order valence-electron chi connectivity index (χ4n) is 1.61. The number of amides is 1. The molecule has 0 aromatic heterocycles. The second-order valence-electron chi connectivity index (χ2n) is 5.46. The molecule has 112 valence electrons. The lowest BCUT2D eigenvalue weighted by molar-refractivity contribution is 0.0635. The van der Waals surface area contributed by atoms with Crippen LogP contribution in [0.3, 0.4) is 0 Å². The molecular weight excluding hydrogens is 263 g/mol. The average Bonchev–Trinajstić information content (AvgIpc) is 2.29. The van der Waals surface area contributed by atoms with Gasteiger partial charge in [-0.2, -0.15) is 0 Å². The van der Waals surface area contributed by atoms with Gasteiger partial charge in [-0.3, -0.25) is 5.32 Å². The van der Waals surface area contributed by atoms with Crippen molar-refractivity contribution in [3.05, 3.63) is 29.6 Å². The number of rotatable bonds is 4. The zero-order valence-corrected chi connectivity index (χ0v) is 11.9. The number of aliphatic hydroxyl groups is 1. The molecule has 5 nitrogen and oxygen atoms in total. The minimum absolute atomic E-state index is 0.101. The Labute approximate surface area is 117 Å². The monoisotopic (exact) mass is 284 g/mol. The maximum absolute atomic E-state index is 13.6. The quantitative estimate of drug-likeness (QED) is 0.793. The van der Waals surface area contributed by atoms with Crippen LogP contribution in [-0.4, -0.2) is 23.3 Å². The predicted molar refractivity (Wildman–Crippen MR) is 74.9 cm³/mol. The van der Waals surface area contributed by atoms with E-state index in [0.29, 0.717) is 5.69 Å². The van der Waals surface area contributed by atoms with Crippen LogP contribution in [0.2, 0.25) is 0 Å². The molecule has 0 aliphatic heterocycles. The first-order valence-electron chi connectivity index (χ1n) is 6.40. The Morgan fingerprint density at radius 2 is 2.15 bits per heavy atom. The van der Waals surface area contributed by atoms with Crippen LogP contribution >= 0.6 is 0 Å². The van der Waals surface area contributed by atoms with Crippen molar-refractivity contribution < 1.29 is 19.0 Å². The van der Waals surface area contributed by atoms with Gasteiger partial charge in [0.05, 0.1) is 6.10 Å². The maximum atomic E-state index is 13.6. The highest BCUT2D eigenvalue weighted by Gasteiger charge is 2.18. The number of ether oxygens (including phenoxy) is 1. The van der Waals surface area contributed by atoms with Gasteiger partial charge in [0, 0.05) is 11.3 Å². The first kappa shape index (κ1) is 16.4. The third kappa shape index (κ3) is 5.14. The van der Waals surface area contributed by atoms with Crippen LogP contribution < -0.4 is 11.1 Å². The van der Waals surface area contributed by atoms with Gasteiger partial charge in [-0.25, -0.2) is 9.18 Å². The molecule has 20 heavy (non-hydrogen) atoms. The van der Waals surface area contributed by atoms with E-state index in [1.165, 1.54) is 18.2 Å². The summed E-state index contributed by atoms with van der Waals surface area (Å²) in [6.45, 7) is 5.47. The first-order valence-corrected chi connectivity index (χ1v) is 6.40. The molecule has 0 aliphatic carbocycles. The summed E-state index contributed by atoms with van der Waals surface area (Å²) in [5.74, 6) is -0.541. The summed E-state index contributed by atoms with van der Waals surface area (Å²) < 4.78 is 18.7. The summed E-state index contributed by atoms with van der Waals surface area (Å²) in [4.78, 5) is 11.6. The van der Waals surface area contributed by atoms with Crippen molar-refractivity contribution in [2.45, 2.75) is 38.9 Å². The number of hydrogen-bond donors (Lipinski definition) is 3. The third-order valence-electron chi connectivity index (χ3n) is 2.44. The van der Waals surface area contributed by atoms with Crippen molar-refractivity contribution in [3.63, 3.8) is 0 Å². The highest BCUT2D eigenvalue weighted by Crippen LogP contribution is 2.23. The van der Waals surface area contributed by atoms with Crippen LogP contribution in [0.15, 0.2) is 18.2 Å². The number of halogens is 1. The lowest BCUT2D eigenvalue weighted by Gasteiger charge is -2.20. The molecule has 0 fully saturated rings. The number of hydrogen-bond acceptors (Lipinski definition) is 4.